The number of nitrogens with one attached hydrogen (secondary N) is 1. The number of nitrogens with two attached hydrogens (primary N) is 1. The number of nitrogens with zero attached hydrogens (tertiary/aromatic N) is 4. The summed E-state index contributed by atoms with van der Waals surface area (Å²) in [5.74, 6) is 0.100. The number of anilines is 1. The Bertz CT molecular complexity index is 1410. The average molecular weight is 419 g/mol. The van der Waals surface area contributed by atoms with E-state index < -0.39 is 0 Å². The van der Waals surface area contributed by atoms with Crippen molar-refractivity contribution in [3.05, 3.63) is 77.1 Å². The number of benzene rings is 2. The second-order valence-electron chi connectivity index (χ2n) is 7.01. The van der Waals surface area contributed by atoms with Gasteiger partial charge in [0.1, 0.15) is 17.2 Å². The number of para-hydroxylation sites is 1. The Balaban J connectivity index is 1.78. The molecule has 2 aromatic carbocycles. The first kappa shape index (κ1) is 18.4. The van der Waals surface area contributed by atoms with Crippen molar-refractivity contribution in [2.24, 2.45) is 0 Å². The predicted molar refractivity (Wildman–Crippen MR) is 116 cm³/mol. The summed E-state index contributed by atoms with van der Waals surface area (Å²) in [5.41, 5.74) is 9.40. The highest BCUT2D eigenvalue weighted by molar-refractivity contribution is 6.35. The highest BCUT2D eigenvalue weighted by atomic mass is 35.5. The minimum Gasteiger partial charge on any atom is -0.382 e. The molecule has 148 valence electrons. The maximum atomic E-state index is 14.7. The number of hydrogen-bond donors (Lipinski definition) is 2. The second kappa shape index (κ2) is 7.03. The molecule has 0 saturated heterocycles. The first-order valence-corrected chi connectivity index (χ1v) is 9.71. The molecule has 3 heterocycles. The Morgan fingerprint density at radius 2 is 1.90 bits per heavy atom. The second-order valence-corrected chi connectivity index (χ2v) is 7.41. The predicted octanol–water partition coefficient (Wildman–Crippen LogP) is 5.09. The van der Waals surface area contributed by atoms with Gasteiger partial charge in [0.15, 0.2) is 11.5 Å². The van der Waals surface area contributed by atoms with Gasteiger partial charge in [0.2, 0.25) is 0 Å². The van der Waals surface area contributed by atoms with Crippen molar-refractivity contribution in [1.82, 2.24) is 24.9 Å². The molecule has 8 heteroatoms. The van der Waals surface area contributed by atoms with Crippen LogP contribution in [0.15, 0.2) is 54.9 Å². The molecule has 0 spiro atoms. The summed E-state index contributed by atoms with van der Waals surface area (Å²) in [6, 6.07) is 14.0. The van der Waals surface area contributed by atoms with E-state index >= 15 is 0 Å². The number of aromatic amines is 1. The van der Waals surface area contributed by atoms with Crippen LogP contribution in [-0.2, 0) is 0 Å². The van der Waals surface area contributed by atoms with Gasteiger partial charge in [-0.25, -0.2) is 24.3 Å². The molecule has 3 N–H and O–H groups in total. The van der Waals surface area contributed by atoms with E-state index in [1.54, 1.807) is 24.3 Å². The van der Waals surface area contributed by atoms with Crippen LogP contribution in [0, 0.1) is 5.82 Å². The molecule has 0 aliphatic heterocycles. The van der Waals surface area contributed by atoms with E-state index in [9.17, 15) is 4.39 Å². The normalized spacial score (nSPS) is 12.5. The zero-order valence-electron chi connectivity index (χ0n) is 15.9. The number of H-pyrrole nitrogens is 1. The fourth-order valence-corrected chi connectivity index (χ4v) is 3.81. The van der Waals surface area contributed by atoms with Gasteiger partial charge in [-0.2, -0.15) is 0 Å². The third kappa shape index (κ3) is 2.95. The van der Waals surface area contributed by atoms with Crippen molar-refractivity contribution in [2.45, 2.75) is 12.8 Å². The first-order valence-electron chi connectivity index (χ1n) is 9.33. The van der Waals surface area contributed by atoms with Gasteiger partial charge in [-0.15, -0.1) is 0 Å². The van der Waals surface area contributed by atoms with Crippen molar-refractivity contribution in [1.29, 1.82) is 0 Å². The van der Waals surface area contributed by atoms with Gasteiger partial charge in [-0.05, 0) is 29.8 Å². The molecule has 0 aliphatic carbocycles. The highest BCUT2D eigenvalue weighted by Crippen LogP contribution is 2.36. The molecule has 0 radical (unpaired) electrons. The van der Waals surface area contributed by atoms with Crippen LogP contribution in [0.2, 0.25) is 5.02 Å². The van der Waals surface area contributed by atoms with Crippen LogP contribution >= 0.6 is 11.6 Å². The molecule has 5 aromatic rings. The van der Waals surface area contributed by atoms with Crippen LogP contribution in [0.1, 0.15) is 24.2 Å². The summed E-state index contributed by atoms with van der Waals surface area (Å²) in [6.45, 7) is 1.94. The van der Waals surface area contributed by atoms with E-state index in [4.69, 9.17) is 22.3 Å². The van der Waals surface area contributed by atoms with Crippen LogP contribution < -0.4 is 5.73 Å². The lowest BCUT2D eigenvalue weighted by molar-refractivity contribution is 0.630. The zero-order valence-corrected chi connectivity index (χ0v) is 16.7. The van der Waals surface area contributed by atoms with E-state index in [0.717, 1.165) is 10.9 Å². The van der Waals surface area contributed by atoms with Gasteiger partial charge >= 0.3 is 0 Å². The van der Waals surface area contributed by atoms with E-state index in [1.165, 1.54) is 12.4 Å². The first-order chi connectivity index (χ1) is 14.5. The van der Waals surface area contributed by atoms with Gasteiger partial charge < -0.3 is 10.7 Å². The molecule has 0 unspecified atom stereocenters. The van der Waals surface area contributed by atoms with Gasteiger partial charge in [-0.1, -0.05) is 42.8 Å². The Morgan fingerprint density at radius 3 is 2.73 bits per heavy atom. The molecular weight excluding hydrogens is 403 g/mol. The Labute approximate surface area is 176 Å². The molecule has 6 nitrogen and oxygen atoms in total. The summed E-state index contributed by atoms with van der Waals surface area (Å²) in [4.78, 5) is 20.9. The smallest absolute Gasteiger partial charge is 0.183 e. The minimum absolute atomic E-state index is 0.309. The number of fused-ring (bicyclic) bond motifs is 2. The molecule has 0 fully saturated rings. The summed E-state index contributed by atoms with van der Waals surface area (Å²) in [6.07, 6.45) is 1.52. The third-order valence-electron chi connectivity index (χ3n) is 5.14. The van der Waals surface area contributed by atoms with E-state index in [1.807, 2.05) is 25.1 Å². The van der Waals surface area contributed by atoms with Crippen molar-refractivity contribution in [2.75, 3.05) is 5.73 Å². The number of pyridine rings is 1. The topological polar surface area (TPSA) is 93.4 Å². The Kier molecular flexibility index (Phi) is 4.33. The molecule has 0 bridgehead atoms. The van der Waals surface area contributed by atoms with Gasteiger partial charge in [0, 0.05) is 16.9 Å². The van der Waals surface area contributed by atoms with E-state index in [2.05, 4.69) is 19.9 Å². The number of hydrogen-bond acceptors (Lipinski definition) is 5. The Hall–Kier alpha value is -3.58. The SMILES string of the molecule is C[C@H](c1nc(N)c2[nH]cnc2n1)c1cc2cccc(Cl)c2nc1-c1ccccc1F. The van der Waals surface area contributed by atoms with Crippen molar-refractivity contribution >= 4 is 39.5 Å². The summed E-state index contributed by atoms with van der Waals surface area (Å²) in [7, 11) is 0. The fourth-order valence-electron chi connectivity index (χ4n) is 3.58. The third-order valence-corrected chi connectivity index (χ3v) is 5.44. The van der Waals surface area contributed by atoms with Crippen LogP contribution in [-0.4, -0.2) is 24.9 Å². The average Bonchev–Trinajstić information content (AvgIpc) is 3.23. The molecule has 5 rings (SSSR count). The monoisotopic (exact) mass is 418 g/mol. The van der Waals surface area contributed by atoms with Crippen LogP contribution in [0.4, 0.5) is 10.2 Å². The standard InChI is InChI=1S/C22H16ClFN6/c1-11(21-29-20(25)19-22(30-21)27-10-26-19)14-9-12-5-4-7-15(23)17(12)28-18(14)13-6-2-3-8-16(13)24/h2-11H,1H3,(H3,25,26,27,29,30)/t11-/m0/s1. The lowest BCUT2D eigenvalue weighted by atomic mass is 9.93. The van der Waals surface area contributed by atoms with Crippen molar-refractivity contribution in [3.8, 4) is 11.3 Å². The van der Waals surface area contributed by atoms with Gasteiger partial charge in [0.25, 0.3) is 0 Å². The summed E-state index contributed by atoms with van der Waals surface area (Å²) < 4.78 is 14.7. The molecule has 0 saturated carbocycles. The lowest BCUT2D eigenvalue weighted by Crippen LogP contribution is -2.08. The Morgan fingerprint density at radius 1 is 1.07 bits per heavy atom. The van der Waals surface area contributed by atoms with Gasteiger partial charge in [0.05, 0.1) is 22.6 Å². The maximum Gasteiger partial charge on any atom is 0.183 e. The van der Waals surface area contributed by atoms with Crippen LogP contribution in [0.5, 0.6) is 0 Å². The van der Waals surface area contributed by atoms with E-state index in [0.29, 0.717) is 44.6 Å². The van der Waals surface area contributed by atoms with Crippen LogP contribution in [0.25, 0.3) is 33.3 Å². The molecule has 30 heavy (non-hydrogen) atoms. The number of imidazole rings is 1. The molecule has 0 aliphatic rings. The largest absolute Gasteiger partial charge is 0.382 e. The lowest BCUT2D eigenvalue weighted by Gasteiger charge is -2.17. The molecule has 0 amide bonds. The summed E-state index contributed by atoms with van der Waals surface area (Å²) >= 11 is 6.37. The number of nitrogen functional groups attached to an aromatic ring is 1. The van der Waals surface area contributed by atoms with Crippen molar-refractivity contribution < 1.29 is 4.39 Å². The molecular formula is C22H16ClFN6. The maximum absolute atomic E-state index is 14.7. The highest BCUT2D eigenvalue weighted by Gasteiger charge is 2.22. The van der Waals surface area contributed by atoms with E-state index in [-0.39, 0.29) is 11.7 Å². The number of rotatable bonds is 3. The van der Waals surface area contributed by atoms with Gasteiger partial charge in [-0.3, -0.25) is 0 Å². The minimum atomic E-state index is -0.368. The summed E-state index contributed by atoms with van der Waals surface area (Å²) in [5, 5.41) is 1.35. The van der Waals surface area contributed by atoms with Crippen LogP contribution in [0.3, 0.4) is 0 Å². The fraction of sp³-hybridized carbons (Fsp3) is 0.0909. The number of aromatic nitrogens is 5. The molecule has 3 aromatic heterocycles. The zero-order chi connectivity index (χ0) is 20.8. The number of halogens is 2. The van der Waals surface area contributed by atoms with Crippen molar-refractivity contribution in [3.63, 3.8) is 0 Å². The molecule has 1 atom stereocenters. The quantitative estimate of drug-likeness (QED) is 0.425.